The maximum Gasteiger partial charge on any atom is 0.472 e. The molecule has 0 aliphatic heterocycles. The molecule has 0 rings (SSSR count). The van der Waals surface area contributed by atoms with Gasteiger partial charge in [-0.25, -0.2) is 4.57 Å². The first-order valence-corrected chi connectivity index (χ1v) is 29.1. The fraction of sp³-hybridized carbons (Fsp3) is 0.821. The molecular weight excluding hydrogens is 864 g/mol. The van der Waals surface area contributed by atoms with E-state index in [1.807, 2.05) is 6.08 Å². The molecule has 392 valence electrons. The summed E-state index contributed by atoms with van der Waals surface area (Å²) in [7, 11) is -4.64. The number of rotatable bonds is 52. The maximum absolute atomic E-state index is 12.7. The third-order valence-corrected chi connectivity index (χ3v) is 12.9. The molecule has 0 radical (unpaired) electrons. The molecule has 0 saturated heterocycles. The van der Waals surface area contributed by atoms with Crippen LogP contribution in [0, 0.1) is 0 Å². The molecule has 0 aromatic carbocycles. The minimum Gasteiger partial charge on any atom is -0.462 e. The highest BCUT2D eigenvalue weighted by Crippen LogP contribution is 2.43. The summed E-state index contributed by atoms with van der Waals surface area (Å²) in [5.74, 6) is -0.979. The molecule has 0 fully saturated rings. The number of unbranched alkanes of at least 4 members (excludes halogenated alkanes) is 30. The number of phosphoric acid groups is 1. The van der Waals surface area contributed by atoms with E-state index in [4.69, 9.17) is 23.6 Å². The minimum atomic E-state index is -4.64. The van der Waals surface area contributed by atoms with Crippen LogP contribution >= 0.6 is 7.82 Å². The molecule has 0 saturated carbocycles. The summed E-state index contributed by atoms with van der Waals surface area (Å²) in [6.07, 6.45) is 59.5. The summed E-state index contributed by atoms with van der Waals surface area (Å²) in [5.41, 5.74) is 0. The highest BCUT2D eigenvalue weighted by molar-refractivity contribution is 7.47. The first-order chi connectivity index (χ1) is 32.7. The average molecular weight is 967 g/mol. The number of aliphatic hydroxyl groups is 2. The lowest BCUT2D eigenvalue weighted by molar-refractivity contribution is -0.161. The highest BCUT2D eigenvalue weighted by atomic mass is 31.2. The van der Waals surface area contributed by atoms with Crippen LogP contribution < -0.4 is 0 Å². The van der Waals surface area contributed by atoms with Gasteiger partial charge in [0.15, 0.2) is 6.10 Å². The van der Waals surface area contributed by atoms with Gasteiger partial charge in [0.05, 0.1) is 19.8 Å². The molecule has 11 heteroatoms. The van der Waals surface area contributed by atoms with E-state index >= 15 is 0 Å². The Morgan fingerprint density at radius 1 is 0.448 bits per heavy atom. The van der Waals surface area contributed by atoms with Gasteiger partial charge in [-0.3, -0.25) is 18.6 Å². The zero-order valence-corrected chi connectivity index (χ0v) is 44.0. The molecule has 0 spiro atoms. The number of carbonyl (C=O) groups excluding carboxylic acids is 2. The predicted molar refractivity (Wildman–Crippen MR) is 279 cm³/mol. The Morgan fingerprint density at radius 2 is 0.791 bits per heavy atom. The van der Waals surface area contributed by atoms with Crippen LogP contribution in [0.2, 0.25) is 0 Å². The molecule has 67 heavy (non-hydrogen) atoms. The lowest BCUT2D eigenvalue weighted by Crippen LogP contribution is -2.29. The predicted octanol–water partition coefficient (Wildman–Crippen LogP) is 16.0. The molecular formula is C56H103O10P. The lowest BCUT2D eigenvalue weighted by atomic mass is 10.0. The topological polar surface area (TPSA) is 149 Å². The third kappa shape index (κ3) is 51.6. The normalized spacial score (nSPS) is 13.9. The van der Waals surface area contributed by atoms with Gasteiger partial charge in [-0.15, -0.1) is 0 Å². The first-order valence-electron chi connectivity index (χ1n) is 27.6. The van der Waals surface area contributed by atoms with E-state index in [1.54, 1.807) is 0 Å². The maximum atomic E-state index is 12.7. The molecule has 0 aromatic rings. The average Bonchev–Trinajstić information content (AvgIpc) is 3.32. The summed E-state index contributed by atoms with van der Waals surface area (Å²) in [5, 5.41) is 18.4. The van der Waals surface area contributed by atoms with Crippen molar-refractivity contribution >= 4 is 19.8 Å². The Kier molecular flexibility index (Phi) is 50.2. The van der Waals surface area contributed by atoms with Crippen LogP contribution in [0.15, 0.2) is 48.6 Å². The molecule has 0 aliphatic carbocycles. The summed E-state index contributed by atoms with van der Waals surface area (Å²) in [6, 6.07) is 0. The van der Waals surface area contributed by atoms with Crippen molar-refractivity contribution in [2.24, 2.45) is 0 Å². The standard InChI is InChI=1S/C56H103O10P/c1-3-5-7-9-11-13-15-17-19-21-23-25-26-28-30-32-34-36-38-40-42-44-46-48-56(60)66-54(52-65-67(61,62)64-50-53(58)49-57)51-63-55(59)47-45-43-41-39-37-35-33-31-29-27-24-22-20-18-16-14-12-10-8-6-4-2/h20,22,27,29,33,35,39,41,53-54,57-58H,3-19,21,23-26,28,30-32,34,36-38,40,42-52H2,1-2H3,(H,61,62)/b22-20+,29-27+,35-33+,41-39+/t53-,54+/m0/s1. The number of phosphoric ester groups is 1. The van der Waals surface area contributed by atoms with E-state index in [-0.39, 0.29) is 19.4 Å². The molecule has 0 aromatic heterocycles. The van der Waals surface area contributed by atoms with Gasteiger partial charge in [0.25, 0.3) is 0 Å². The molecule has 10 nitrogen and oxygen atoms in total. The Labute approximate surface area is 411 Å². The van der Waals surface area contributed by atoms with Crippen LogP contribution in [0.25, 0.3) is 0 Å². The van der Waals surface area contributed by atoms with Crippen LogP contribution in [0.5, 0.6) is 0 Å². The van der Waals surface area contributed by atoms with E-state index in [9.17, 15) is 24.2 Å². The number of aliphatic hydroxyl groups excluding tert-OH is 2. The fourth-order valence-corrected chi connectivity index (χ4v) is 8.54. The zero-order chi connectivity index (χ0) is 49.0. The number of allylic oxidation sites excluding steroid dienone is 8. The van der Waals surface area contributed by atoms with Crippen molar-refractivity contribution in [2.45, 2.75) is 270 Å². The Balaban J connectivity index is 4.20. The second kappa shape index (κ2) is 51.8. The van der Waals surface area contributed by atoms with Gasteiger partial charge >= 0.3 is 19.8 Å². The molecule has 3 N–H and O–H groups in total. The van der Waals surface area contributed by atoms with Crippen molar-refractivity contribution in [3.8, 4) is 0 Å². The van der Waals surface area contributed by atoms with Crippen molar-refractivity contribution in [3.05, 3.63) is 48.6 Å². The van der Waals surface area contributed by atoms with Gasteiger partial charge in [0, 0.05) is 12.8 Å². The summed E-state index contributed by atoms with van der Waals surface area (Å²) < 4.78 is 32.9. The van der Waals surface area contributed by atoms with Crippen molar-refractivity contribution in [3.63, 3.8) is 0 Å². The molecule has 0 aliphatic rings. The second-order valence-corrected chi connectivity index (χ2v) is 20.1. The third-order valence-electron chi connectivity index (χ3n) is 12.0. The summed E-state index contributed by atoms with van der Waals surface area (Å²) in [4.78, 5) is 35.2. The summed E-state index contributed by atoms with van der Waals surface area (Å²) >= 11 is 0. The zero-order valence-electron chi connectivity index (χ0n) is 43.1. The molecule has 3 atom stereocenters. The molecule has 0 heterocycles. The van der Waals surface area contributed by atoms with E-state index in [1.165, 1.54) is 173 Å². The van der Waals surface area contributed by atoms with Crippen LogP contribution in [0.4, 0.5) is 0 Å². The van der Waals surface area contributed by atoms with Crippen LogP contribution in [0.3, 0.4) is 0 Å². The summed E-state index contributed by atoms with van der Waals surface area (Å²) in [6.45, 7) is 2.37. The van der Waals surface area contributed by atoms with Crippen LogP contribution in [0.1, 0.15) is 258 Å². The van der Waals surface area contributed by atoms with E-state index in [2.05, 4.69) is 56.4 Å². The van der Waals surface area contributed by atoms with Crippen molar-refractivity contribution in [2.75, 3.05) is 26.4 Å². The molecule has 0 amide bonds. The number of esters is 2. The van der Waals surface area contributed by atoms with Gasteiger partial charge in [0.2, 0.25) is 0 Å². The van der Waals surface area contributed by atoms with E-state index in [0.29, 0.717) is 19.3 Å². The largest absolute Gasteiger partial charge is 0.472 e. The van der Waals surface area contributed by atoms with Gasteiger partial charge in [-0.1, -0.05) is 242 Å². The number of hydrogen-bond acceptors (Lipinski definition) is 9. The highest BCUT2D eigenvalue weighted by Gasteiger charge is 2.27. The van der Waals surface area contributed by atoms with Gasteiger partial charge < -0.3 is 24.6 Å². The Bertz CT molecular complexity index is 1250. The number of ether oxygens (including phenoxy) is 2. The molecule has 0 bridgehead atoms. The van der Waals surface area contributed by atoms with Gasteiger partial charge in [-0.2, -0.15) is 0 Å². The minimum absolute atomic E-state index is 0.167. The fourth-order valence-electron chi connectivity index (χ4n) is 7.75. The number of carbonyl (C=O) groups is 2. The quantitative estimate of drug-likeness (QED) is 0.0233. The number of hydrogen-bond donors (Lipinski definition) is 3. The van der Waals surface area contributed by atoms with Gasteiger partial charge in [0.1, 0.15) is 12.7 Å². The van der Waals surface area contributed by atoms with Crippen molar-refractivity contribution in [1.82, 2.24) is 0 Å². The van der Waals surface area contributed by atoms with Crippen molar-refractivity contribution < 1.29 is 47.8 Å². The monoisotopic (exact) mass is 967 g/mol. The Morgan fingerprint density at radius 3 is 1.21 bits per heavy atom. The van der Waals surface area contributed by atoms with Crippen LogP contribution in [-0.2, 0) is 32.7 Å². The van der Waals surface area contributed by atoms with Crippen molar-refractivity contribution in [1.29, 1.82) is 0 Å². The second-order valence-electron chi connectivity index (χ2n) is 18.6. The smallest absolute Gasteiger partial charge is 0.462 e. The Hall–Kier alpha value is -2.07. The van der Waals surface area contributed by atoms with E-state index < -0.39 is 51.8 Å². The lowest BCUT2D eigenvalue weighted by Gasteiger charge is -2.20. The van der Waals surface area contributed by atoms with E-state index in [0.717, 1.165) is 38.5 Å². The van der Waals surface area contributed by atoms with Crippen LogP contribution in [-0.4, -0.2) is 65.7 Å². The molecule has 1 unspecified atom stereocenters. The SMILES string of the molecule is CCCCCCCCC/C=C/C/C=C/C/C=C/C/C=C/CCCC(=O)OC[C@H](COP(=O)(O)OC[C@@H](O)CO)OC(=O)CCCCCCCCCCCCCCCCCCCCCCCCC. The first kappa shape index (κ1) is 64.9. The van der Waals surface area contributed by atoms with Gasteiger partial charge in [-0.05, 0) is 51.4 Å².